The Bertz CT molecular complexity index is 230. The first kappa shape index (κ1) is 10.3. The highest BCUT2D eigenvalue weighted by molar-refractivity contribution is 5.18. The molecule has 13 heavy (non-hydrogen) atoms. The zero-order valence-electron chi connectivity index (χ0n) is 8.75. The minimum absolute atomic E-state index is 0.455. The highest BCUT2D eigenvalue weighted by Crippen LogP contribution is 2.12. The zero-order chi connectivity index (χ0) is 9.68. The van der Waals surface area contributed by atoms with Crippen molar-refractivity contribution in [3.05, 3.63) is 35.9 Å². The molecule has 0 saturated heterocycles. The lowest BCUT2D eigenvalue weighted by Crippen LogP contribution is -2.28. The molecule has 0 aromatic heterocycles. The minimum atomic E-state index is 0.455. The van der Waals surface area contributed by atoms with Crippen LogP contribution in [0, 0.1) is 0 Å². The molecule has 0 spiro atoms. The molecule has 0 amide bonds. The summed E-state index contributed by atoms with van der Waals surface area (Å²) >= 11 is 0. The van der Waals surface area contributed by atoms with E-state index in [1.54, 1.807) is 0 Å². The first-order chi connectivity index (χ1) is 6.24. The summed E-state index contributed by atoms with van der Waals surface area (Å²) in [5.41, 5.74) is 1.36. The summed E-state index contributed by atoms with van der Waals surface area (Å²) in [6.07, 6.45) is 1.18. The van der Waals surface area contributed by atoms with Gasteiger partial charge in [-0.2, -0.15) is 0 Å². The molecule has 1 N–H and O–H groups in total. The van der Waals surface area contributed by atoms with Gasteiger partial charge in [-0.15, -0.1) is 0 Å². The van der Waals surface area contributed by atoms with Gasteiger partial charge in [-0.25, -0.2) is 0 Å². The summed E-state index contributed by atoms with van der Waals surface area (Å²) in [6, 6.07) is 11.6. The molecule has 1 nitrogen and oxygen atoms in total. The Balaban J connectivity index is 2.53. The highest BCUT2D eigenvalue weighted by atomic mass is 14.9. The number of hydrogen-bond acceptors (Lipinski definition) is 1. The average Bonchev–Trinajstić information content (AvgIpc) is 2.19. The van der Waals surface area contributed by atoms with Crippen LogP contribution in [-0.2, 0) is 0 Å². The first-order valence-electron chi connectivity index (χ1n) is 5.05. The van der Waals surface area contributed by atoms with Crippen LogP contribution >= 0.6 is 0 Å². The van der Waals surface area contributed by atoms with E-state index in [0.717, 1.165) is 0 Å². The molecule has 0 saturated carbocycles. The van der Waals surface area contributed by atoms with Crippen LogP contribution in [0.1, 0.15) is 38.8 Å². The van der Waals surface area contributed by atoms with Crippen molar-refractivity contribution in [1.29, 1.82) is 0 Å². The summed E-state index contributed by atoms with van der Waals surface area (Å²) in [7, 11) is 0. The third-order valence-electron chi connectivity index (χ3n) is 2.45. The molecular weight excluding hydrogens is 158 g/mol. The SMILES string of the molecule is CCC(C)NC(C)c1ccccc1. The van der Waals surface area contributed by atoms with Gasteiger partial charge in [0.2, 0.25) is 0 Å². The van der Waals surface area contributed by atoms with E-state index in [-0.39, 0.29) is 0 Å². The van der Waals surface area contributed by atoms with Gasteiger partial charge in [0.25, 0.3) is 0 Å². The van der Waals surface area contributed by atoms with Gasteiger partial charge in [0.15, 0.2) is 0 Å². The molecule has 0 aliphatic carbocycles. The molecule has 0 bridgehead atoms. The molecule has 0 aliphatic heterocycles. The van der Waals surface area contributed by atoms with Crippen molar-refractivity contribution < 1.29 is 0 Å². The van der Waals surface area contributed by atoms with Crippen molar-refractivity contribution >= 4 is 0 Å². The Morgan fingerprint density at radius 3 is 2.31 bits per heavy atom. The number of benzene rings is 1. The predicted molar refractivity (Wildman–Crippen MR) is 57.7 cm³/mol. The molecule has 0 fully saturated rings. The van der Waals surface area contributed by atoms with Crippen LogP contribution in [0.25, 0.3) is 0 Å². The molecule has 1 heteroatoms. The van der Waals surface area contributed by atoms with Crippen molar-refractivity contribution in [3.63, 3.8) is 0 Å². The Hall–Kier alpha value is -0.820. The van der Waals surface area contributed by atoms with Crippen molar-refractivity contribution in [1.82, 2.24) is 5.32 Å². The quantitative estimate of drug-likeness (QED) is 0.745. The molecule has 2 unspecified atom stereocenters. The molecule has 0 heterocycles. The number of rotatable bonds is 4. The van der Waals surface area contributed by atoms with Gasteiger partial charge in [-0.1, -0.05) is 37.3 Å². The fourth-order valence-electron chi connectivity index (χ4n) is 1.38. The zero-order valence-corrected chi connectivity index (χ0v) is 8.75. The molecule has 1 rings (SSSR count). The predicted octanol–water partition coefficient (Wildman–Crippen LogP) is 3.14. The number of nitrogens with one attached hydrogen (secondary N) is 1. The van der Waals surface area contributed by atoms with Crippen LogP contribution in [0.4, 0.5) is 0 Å². The standard InChI is InChI=1S/C12H19N/c1-4-10(2)13-11(3)12-8-6-5-7-9-12/h5-11,13H,4H2,1-3H3. The van der Waals surface area contributed by atoms with Crippen molar-refractivity contribution in [3.8, 4) is 0 Å². The van der Waals surface area contributed by atoms with E-state index in [2.05, 4.69) is 56.4 Å². The molecule has 1 aromatic carbocycles. The molecule has 72 valence electrons. The van der Waals surface area contributed by atoms with E-state index in [1.807, 2.05) is 0 Å². The van der Waals surface area contributed by atoms with Gasteiger partial charge in [0, 0.05) is 12.1 Å². The second kappa shape index (κ2) is 5.03. The number of hydrogen-bond donors (Lipinski definition) is 1. The van der Waals surface area contributed by atoms with Gasteiger partial charge in [0.05, 0.1) is 0 Å². The largest absolute Gasteiger partial charge is 0.308 e. The monoisotopic (exact) mass is 177 g/mol. The maximum atomic E-state index is 3.55. The second-order valence-electron chi connectivity index (χ2n) is 3.61. The molecule has 0 aliphatic rings. The summed E-state index contributed by atoms with van der Waals surface area (Å²) in [6.45, 7) is 6.64. The second-order valence-corrected chi connectivity index (χ2v) is 3.61. The minimum Gasteiger partial charge on any atom is -0.308 e. The molecule has 1 aromatic rings. The Morgan fingerprint density at radius 2 is 1.77 bits per heavy atom. The van der Waals surface area contributed by atoms with Gasteiger partial charge >= 0.3 is 0 Å². The summed E-state index contributed by atoms with van der Waals surface area (Å²) in [5, 5.41) is 3.55. The maximum Gasteiger partial charge on any atom is 0.0294 e. The third kappa shape index (κ3) is 3.19. The molecule has 2 atom stereocenters. The fourth-order valence-corrected chi connectivity index (χ4v) is 1.38. The topological polar surface area (TPSA) is 12.0 Å². The van der Waals surface area contributed by atoms with E-state index in [9.17, 15) is 0 Å². The van der Waals surface area contributed by atoms with Crippen LogP contribution in [0.5, 0.6) is 0 Å². The maximum absolute atomic E-state index is 3.55. The normalized spacial score (nSPS) is 15.3. The van der Waals surface area contributed by atoms with Crippen molar-refractivity contribution in [2.24, 2.45) is 0 Å². The third-order valence-corrected chi connectivity index (χ3v) is 2.45. The van der Waals surface area contributed by atoms with Gasteiger partial charge in [-0.3, -0.25) is 0 Å². The van der Waals surface area contributed by atoms with Gasteiger partial charge in [-0.05, 0) is 25.8 Å². The van der Waals surface area contributed by atoms with E-state index >= 15 is 0 Å². The van der Waals surface area contributed by atoms with Crippen LogP contribution < -0.4 is 5.32 Å². The molecular formula is C12H19N. The van der Waals surface area contributed by atoms with Crippen LogP contribution in [0.2, 0.25) is 0 Å². The van der Waals surface area contributed by atoms with E-state index in [1.165, 1.54) is 12.0 Å². The summed E-state index contributed by atoms with van der Waals surface area (Å²) in [5.74, 6) is 0. The highest BCUT2D eigenvalue weighted by Gasteiger charge is 2.06. The van der Waals surface area contributed by atoms with E-state index in [0.29, 0.717) is 12.1 Å². The van der Waals surface area contributed by atoms with Crippen molar-refractivity contribution in [2.45, 2.75) is 39.3 Å². The average molecular weight is 177 g/mol. The lowest BCUT2D eigenvalue weighted by Gasteiger charge is -2.18. The van der Waals surface area contributed by atoms with Crippen LogP contribution in [0.15, 0.2) is 30.3 Å². The summed E-state index contributed by atoms with van der Waals surface area (Å²) in [4.78, 5) is 0. The fraction of sp³-hybridized carbons (Fsp3) is 0.500. The molecule has 0 radical (unpaired) electrons. The van der Waals surface area contributed by atoms with Crippen LogP contribution in [0.3, 0.4) is 0 Å². The van der Waals surface area contributed by atoms with E-state index < -0.39 is 0 Å². The lowest BCUT2D eigenvalue weighted by molar-refractivity contribution is 0.469. The van der Waals surface area contributed by atoms with E-state index in [4.69, 9.17) is 0 Å². The van der Waals surface area contributed by atoms with Gasteiger partial charge in [0.1, 0.15) is 0 Å². The van der Waals surface area contributed by atoms with Crippen LogP contribution in [-0.4, -0.2) is 6.04 Å². The Morgan fingerprint density at radius 1 is 1.15 bits per heavy atom. The lowest BCUT2D eigenvalue weighted by atomic mass is 10.1. The Kier molecular flexibility index (Phi) is 3.97. The summed E-state index contributed by atoms with van der Waals surface area (Å²) < 4.78 is 0. The first-order valence-corrected chi connectivity index (χ1v) is 5.05. The van der Waals surface area contributed by atoms with Gasteiger partial charge < -0.3 is 5.32 Å². The Labute approximate surface area is 81.2 Å². The smallest absolute Gasteiger partial charge is 0.0294 e. The van der Waals surface area contributed by atoms with Crippen molar-refractivity contribution in [2.75, 3.05) is 0 Å².